The molecule has 6 nitrogen and oxygen atoms in total. The van der Waals surface area contributed by atoms with Gasteiger partial charge in [0.25, 0.3) is 15.9 Å². The van der Waals surface area contributed by atoms with Crippen LogP contribution in [0.4, 0.5) is 28.9 Å². The molecule has 1 amide bonds. The molecule has 0 aliphatic heterocycles. The molecule has 0 saturated carbocycles. The molecule has 4 aromatic carbocycles. The largest absolute Gasteiger partial charge is 0.506 e. The minimum atomic E-state index is -4.58. The molecule has 38 heavy (non-hydrogen) atoms. The highest BCUT2D eigenvalue weighted by molar-refractivity contribution is 7.92. The van der Waals surface area contributed by atoms with Gasteiger partial charge in [-0.05, 0) is 77.9 Å². The number of phenolic OH excluding ortho intramolecular Hbond substituents is 1. The Balaban J connectivity index is 1.49. The molecule has 0 spiro atoms. The molecule has 0 bridgehead atoms. The van der Waals surface area contributed by atoms with E-state index in [1.807, 2.05) is 0 Å². The first-order chi connectivity index (χ1) is 17.8. The van der Waals surface area contributed by atoms with Crippen LogP contribution in [0.25, 0.3) is 11.1 Å². The number of carbonyl (C=O) groups is 1. The number of amides is 1. The van der Waals surface area contributed by atoms with E-state index in [-0.39, 0.29) is 21.8 Å². The molecule has 4 aromatic rings. The van der Waals surface area contributed by atoms with E-state index in [9.17, 15) is 35.9 Å². The van der Waals surface area contributed by atoms with Crippen LogP contribution in [0.15, 0.2) is 89.8 Å². The molecular weight excluding hydrogens is 548 g/mol. The summed E-state index contributed by atoms with van der Waals surface area (Å²) in [5, 5.41) is 12.2. The molecule has 0 aromatic heterocycles. The molecule has 0 saturated heterocycles. The number of hydrogen-bond acceptors (Lipinski definition) is 4. The zero-order valence-corrected chi connectivity index (χ0v) is 20.6. The quantitative estimate of drug-likeness (QED) is 0.134. The molecule has 0 heterocycles. The molecule has 0 unspecified atom stereocenters. The van der Waals surface area contributed by atoms with Crippen molar-refractivity contribution < 1.29 is 35.9 Å². The summed E-state index contributed by atoms with van der Waals surface area (Å²) in [7, 11) is -4.16. The molecule has 196 valence electrons. The zero-order chi connectivity index (χ0) is 27.7. The first kappa shape index (κ1) is 27.0. The van der Waals surface area contributed by atoms with Crippen LogP contribution in [0.5, 0.6) is 5.75 Å². The van der Waals surface area contributed by atoms with E-state index in [0.29, 0.717) is 11.1 Å². The summed E-state index contributed by atoms with van der Waals surface area (Å²) >= 11 is 5.78. The second kappa shape index (κ2) is 10.3. The Morgan fingerprint density at radius 2 is 1.47 bits per heavy atom. The standard InChI is InChI=1S/C26H17ClF4N2O4S/c27-22-13-17(5-11-21(22)26(29,30)31)15-1-3-16(4-2-15)25(35)32-19-8-12-24(34)23(14-19)33-38(36,37)20-9-6-18(28)7-10-20/h1-14,33-34H,(H,32,35). The number of phenols is 1. The summed E-state index contributed by atoms with van der Waals surface area (Å²) in [6, 6.07) is 17.1. The van der Waals surface area contributed by atoms with E-state index in [1.54, 1.807) is 0 Å². The van der Waals surface area contributed by atoms with E-state index in [1.165, 1.54) is 54.6 Å². The third-order valence-electron chi connectivity index (χ3n) is 5.38. The third kappa shape index (κ3) is 6.06. The molecule has 0 atom stereocenters. The van der Waals surface area contributed by atoms with E-state index in [0.717, 1.165) is 30.3 Å². The Morgan fingerprint density at radius 3 is 2.08 bits per heavy atom. The number of anilines is 2. The summed E-state index contributed by atoms with van der Waals surface area (Å²) in [6.45, 7) is 0. The number of aromatic hydroxyl groups is 1. The van der Waals surface area contributed by atoms with Crippen LogP contribution in [0.3, 0.4) is 0 Å². The van der Waals surface area contributed by atoms with Crippen LogP contribution >= 0.6 is 11.6 Å². The highest BCUT2D eigenvalue weighted by Gasteiger charge is 2.33. The van der Waals surface area contributed by atoms with E-state index >= 15 is 0 Å². The third-order valence-corrected chi connectivity index (χ3v) is 7.07. The maximum atomic E-state index is 13.1. The van der Waals surface area contributed by atoms with Crippen molar-refractivity contribution in [2.75, 3.05) is 10.0 Å². The van der Waals surface area contributed by atoms with Gasteiger partial charge < -0.3 is 10.4 Å². The molecule has 0 aliphatic rings. The fourth-order valence-electron chi connectivity index (χ4n) is 3.45. The van der Waals surface area contributed by atoms with Crippen LogP contribution < -0.4 is 10.0 Å². The summed E-state index contributed by atoms with van der Waals surface area (Å²) in [4.78, 5) is 12.5. The fourth-order valence-corrected chi connectivity index (χ4v) is 4.81. The summed E-state index contributed by atoms with van der Waals surface area (Å²) in [5.74, 6) is -1.60. The van der Waals surface area contributed by atoms with Crippen molar-refractivity contribution >= 4 is 38.9 Å². The lowest BCUT2D eigenvalue weighted by Crippen LogP contribution is -2.14. The monoisotopic (exact) mass is 564 g/mol. The van der Waals surface area contributed by atoms with Crippen LogP contribution in [-0.4, -0.2) is 19.4 Å². The fraction of sp³-hybridized carbons (Fsp3) is 0.0385. The lowest BCUT2D eigenvalue weighted by atomic mass is 10.0. The smallest absolute Gasteiger partial charge is 0.417 e. The summed E-state index contributed by atoms with van der Waals surface area (Å²) in [5.41, 5.74) is 0.135. The predicted octanol–water partition coefficient (Wildman–Crippen LogP) is 6.92. The Hall–Kier alpha value is -4.09. The topological polar surface area (TPSA) is 95.5 Å². The van der Waals surface area contributed by atoms with Gasteiger partial charge in [-0.25, -0.2) is 12.8 Å². The van der Waals surface area contributed by atoms with Crippen LogP contribution in [0.1, 0.15) is 15.9 Å². The van der Waals surface area contributed by atoms with Crippen molar-refractivity contribution in [3.05, 3.63) is 107 Å². The second-order valence-electron chi connectivity index (χ2n) is 8.02. The molecular formula is C26H17ClF4N2O4S. The maximum Gasteiger partial charge on any atom is 0.417 e. The van der Waals surface area contributed by atoms with Crippen molar-refractivity contribution in [2.24, 2.45) is 0 Å². The average Bonchev–Trinajstić information content (AvgIpc) is 2.85. The predicted molar refractivity (Wildman–Crippen MR) is 135 cm³/mol. The average molecular weight is 565 g/mol. The van der Waals surface area contributed by atoms with E-state index < -0.39 is 44.3 Å². The Kier molecular flexibility index (Phi) is 7.34. The number of halogens is 5. The minimum absolute atomic E-state index is 0.156. The highest BCUT2D eigenvalue weighted by atomic mass is 35.5. The van der Waals surface area contributed by atoms with Gasteiger partial charge in [-0.1, -0.05) is 29.8 Å². The van der Waals surface area contributed by atoms with Gasteiger partial charge in [-0.15, -0.1) is 0 Å². The number of benzene rings is 4. The number of carbonyl (C=O) groups excluding carboxylic acids is 1. The van der Waals surface area contributed by atoms with Gasteiger partial charge in [-0.2, -0.15) is 13.2 Å². The number of nitrogens with one attached hydrogen (secondary N) is 2. The van der Waals surface area contributed by atoms with Crippen molar-refractivity contribution in [2.45, 2.75) is 11.1 Å². The molecule has 0 aliphatic carbocycles. The second-order valence-corrected chi connectivity index (χ2v) is 10.1. The summed E-state index contributed by atoms with van der Waals surface area (Å²) in [6.07, 6.45) is -4.58. The first-order valence-corrected chi connectivity index (χ1v) is 12.6. The van der Waals surface area contributed by atoms with E-state index in [2.05, 4.69) is 10.0 Å². The van der Waals surface area contributed by atoms with Crippen LogP contribution in [0, 0.1) is 5.82 Å². The van der Waals surface area contributed by atoms with Crippen molar-refractivity contribution in [3.8, 4) is 16.9 Å². The number of sulfonamides is 1. The zero-order valence-electron chi connectivity index (χ0n) is 19.1. The van der Waals surface area contributed by atoms with Crippen LogP contribution in [-0.2, 0) is 16.2 Å². The van der Waals surface area contributed by atoms with Crippen LogP contribution in [0.2, 0.25) is 5.02 Å². The van der Waals surface area contributed by atoms with Gasteiger partial charge >= 0.3 is 6.18 Å². The van der Waals surface area contributed by atoms with Gasteiger partial charge in [-0.3, -0.25) is 9.52 Å². The Morgan fingerprint density at radius 1 is 0.842 bits per heavy atom. The van der Waals surface area contributed by atoms with Gasteiger partial charge in [0.2, 0.25) is 0 Å². The highest BCUT2D eigenvalue weighted by Crippen LogP contribution is 2.37. The molecule has 4 rings (SSSR count). The SMILES string of the molecule is O=C(Nc1ccc(O)c(NS(=O)(=O)c2ccc(F)cc2)c1)c1ccc(-c2ccc(C(F)(F)F)c(Cl)c2)cc1. The minimum Gasteiger partial charge on any atom is -0.506 e. The van der Waals surface area contributed by atoms with E-state index in [4.69, 9.17) is 11.6 Å². The van der Waals surface area contributed by atoms with Gasteiger partial charge in [0.15, 0.2) is 0 Å². The maximum absolute atomic E-state index is 13.1. The number of rotatable bonds is 6. The number of alkyl halides is 3. The Bertz CT molecular complexity index is 1610. The Labute approximate surface area is 219 Å². The van der Waals surface area contributed by atoms with Gasteiger partial charge in [0.1, 0.15) is 11.6 Å². The lowest BCUT2D eigenvalue weighted by molar-refractivity contribution is -0.137. The summed E-state index contributed by atoms with van der Waals surface area (Å²) < 4.78 is 79.2. The van der Waals surface area contributed by atoms with Gasteiger partial charge in [0, 0.05) is 11.3 Å². The lowest BCUT2D eigenvalue weighted by Gasteiger charge is -2.13. The first-order valence-electron chi connectivity index (χ1n) is 10.7. The van der Waals surface area contributed by atoms with Crippen molar-refractivity contribution in [3.63, 3.8) is 0 Å². The molecule has 12 heteroatoms. The normalized spacial score (nSPS) is 11.7. The van der Waals surface area contributed by atoms with Gasteiger partial charge in [0.05, 0.1) is 21.2 Å². The molecule has 0 fully saturated rings. The molecule has 0 radical (unpaired) electrons. The number of hydrogen-bond donors (Lipinski definition) is 3. The van der Waals surface area contributed by atoms with Crippen molar-refractivity contribution in [1.82, 2.24) is 0 Å². The van der Waals surface area contributed by atoms with Crippen molar-refractivity contribution in [1.29, 1.82) is 0 Å². The molecule has 3 N–H and O–H groups in total.